The van der Waals surface area contributed by atoms with Crippen LogP contribution in [0.2, 0.25) is 10.0 Å². The molecule has 0 aliphatic carbocycles. The van der Waals surface area contributed by atoms with Crippen molar-refractivity contribution in [3.63, 3.8) is 0 Å². The molecule has 1 unspecified atom stereocenters. The maximum atomic E-state index is 13.6. The summed E-state index contributed by atoms with van der Waals surface area (Å²) >= 11 is 12.9. The molecule has 8 nitrogen and oxygen atoms in total. The second-order valence-electron chi connectivity index (χ2n) is 10.8. The van der Waals surface area contributed by atoms with E-state index in [0.717, 1.165) is 11.1 Å². The van der Waals surface area contributed by atoms with Crippen molar-refractivity contribution in [2.45, 2.75) is 38.8 Å². The molecular weight excluding hydrogens is 569 g/mol. The molecular formula is C31H29Cl2NO7. The molecule has 41 heavy (non-hydrogen) atoms. The summed E-state index contributed by atoms with van der Waals surface area (Å²) in [7, 11) is 2.77. The van der Waals surface area contributed by atoms with E-state index >= 15 is 0 Å². The van der Waals surface area contributed by atoms with E-state index in [1.807, 2.05) is 24.3 Å². The Kier molecular flexibility index (Phi) is 7.57. The van der Waals surface area contributed by atoms with Crippen molar-refractivity contribution in [1.82, 2.24) is 4.90 Å². The number of likely N-dealkylation sites (tertiary alicyclic amines) is 1. The highest BCUT2D eigenvalue weighted by Gasteiger charge is 2.46. The number of nitrogens with zero attached hydrogens (tertiary/aromatic N) is 1. The summed E-state index contributed by atoms with van der Waals surface area (Å²) in [6.07, 6.45) is 0. The van der Waals surface area contributed by atoms with Crippen LogP contribution in [0.5, 0.6) is 23.0 Å². The fourth-order valence-electron chi connectivity index (χ4n) is 5.08. The van der Waals surface area contributed by atoms with Crippen LogP contribution in [-0.2, 0) is 21.5 Å². The number of hydrogen-bond donors (Lipinski definition) is 1. The Bertz CT molecular complexity index is 1570. The molecule has 0 saturated carbocycles. The van der Waals surface area contributed by atoms with Gasteiger partial charge in [0.2, 0.25) is 6.79 Å². The summed E-state index contributed by atoms with van der Waals surface area (Å²) < 4.78 is 21.7. The lowest BCUT2D eigenvalue weighted by molar-refractivity contribution is -0.140. The van der Waals surface area contributed by atoms with Crippen molar-refractivity contribution >= 4 is 40.7 Å². The first-order valence-electron chi connectivity index (χ1n) is 12.8. The molecule has 5 rings (SSSR count). The largest absolute Gasteiger partial charge is 0.507 e. The number of Topliss-reactive ketones (excluding diaryl/α,β-unsaturated/α-hetero) is 1. The lowest BCUT2D eigenvalue weighted by Crippen LogP contribution is -2.29. The van der Waals surface area contributed by atoms with Crippen LogP contribution in [-0.4, -0.2) is 42.7 Å². The summed E-state index contributed by atoms with van der Waals surface area (Å²) in [5.41, 5.74) is 2.26. The number of amides is 1. The van der Waals surface area contributed by atoms with Gasteiger partial charge in [0.05, 0.1) is 36.4 Å². The molecule has 1 N–H and O–H groups in total. The molecule has 2 aliphatic heterocycles. The highest BCUT2D eigenvalue weighted by Crippen LogP contribution is 2.48. The molecule has 0 bridgehead atoms. The minimum Gasteiger partial charge on any atom is -0.507 e. The zero-order valence-electron chi connectivity index (χ0n) is 23.2. The van der Waals surface area contributed by atoms with E-state index in [-0.39, 0.29) is 51.4 Å². The Hall–Kier alpha value is -3.88. The van der Waals surface area contributed by atoms with Crippen LogP contribution < -0.4 is 18.9 Å². The molecule has 2 aliphatic rings. The van der Waals surface area contributed by atoms with Crippen molar-refractivity contribution in [1.29, 1.82) is 0 Å². The fraction of sp³-hybridized carbons (Fsp3) is 0.290. The predicted molar refractivity (Wildman–Crippen MR) is 155 cm³/mol. The van der Waals surface area contributed by atoms with Crippen LogP contribution in [0.1, 0.15) is 49.1 Å². The third kappa shape index (κ3) is 5.06. The maximum Gasteiger partial charge on any atom is 0.295 e. The molecule has 3 aromatic rings. The Labute approximate surface area is 248 Å². The van der Waals surface area contributed by atoms with E-state index in [1.54, 1.807) is 18.2 Å². The molecule has 2 heterocycles. The lowest BCUT2D eigenvalue weighted by atomic mass is 9.85. The average molecular weight is 598 g/mol. The zero-order chi connectivity index (χ0) is 29.6. The first kappa shape index (κ1) is 28.6. The highest BCUT2D eigenvalue weighted by molar-refractivity contribution is 6.47. The second-order valence-corrected chi connectivity index (χ2v) is 11.6. The van der Waals surface area contributed by atoms with E-state index in [2.05, 4.69) is 20.8 Å². The molecule has 1 atom stereocenters. The number of ketones is 1. The van der Waals surface area contributed by atoms with Crippen molar-refractivity contribution in [2.75, 3.05) is 21.0 Å². The molecule has 1 fully saturated rings. The number of aliphatic hydroxyl groups excluding tert-OH is 1. The number of benzene rings is 3. The Morgan fingerprint density at radius 2 is 1.63 bits per heavy atom. The van der Waals surface area contributed by atoms with Crippen LogP contribution in [0, 0.1) is 0 Å². The first-order valence-corrected chi connectivity index (χ1v) is 13.6. The van der Waals surface area contributed by atoms with Crippen molar-refractivity contribution in [2.24, 2.45) is 0 Å². The molecule has 214 valence electrons. The Morgan fingerprint density at radius 3 is 2.27 bits per heavy atom. The number of ether oxygens (including phenoxy) is 4. The van der Waals surface area contributed by atoms with Crippen LogP contribution >= 0.6 is 23.2 Å². The topological polar surface area (TPSA) is 94.5 Å². The van der Waals surface area contributed by atoms with Crippen molar-refractivity contribution in [3.05, 3.63) is 86.4 Å². The molecule has 0 spiro atoms. The summed E-state index contributed by atoms with van der Waals surface area (Å²) in [5.74, 6) is -0.724. The Morgan fingerprint density at radius 1 is 0.976 bits per heavy atom. The highest BCUT2D eigenvalue weighted by atomic mass is 35.5. The Balaban J connectivity index is 1.68. The normalized spacial score (nSPS) is 17.7. The monoisotopic (exact) mass is 597 g/mol. The first-order chi connectivity index (χ1) is 19.5. The van der Waals surface area contributed by atoms with Crippen molar-refractivity contribution < 1.29 is 33.6 Å². The molecule has 10 heteroatoms. The van der Waals surface area contributed by atoms with Gasteiger partial charge in [-0.3, -0.25) is 9.59 Å². The number of carbonyl (C=O) groups excluding carboxylic acids is 2. The quantitative estimate of drug-likeness (QED) is 0.193. The molecule has 1 amide bonds. The number of fused-ring (bicyclic) bond motifs is 1. The minimum absolute atomic E-state index is 0.0183. The average Bonchev–Trinajstić information content (AvgIpc) is 3.50. The summed E-state index contributed by atoms with van der Waals surface area (Å²) in [4.78, 5) is 28.6. The van der Waals surface area contributed by atoms with Crippen LogP contribution in [0.15, 0.2) is 54.1 Å². The van der Waals surface area contributed by atoms with Gasteiger partial charge in [0.1, 0.15) is 10.8 Å². The summed E-state index contributed by atoms with van der Waals surface area (Å²) in [6.45, 7) is 6.47. The molecule has 1 saturated heterocycles. The molecule has 0 aromatic heterocycles. The van der Waals surface area contributed by atoms with Gasteiger partial charge in [0.15, 0.2) is 23.0 Å². The van der Waals surface area contributed by atoms with Gasteiger partial charge in [-0.05, 0) is 40.3 Å². The SMILES string of the molecule is COc1c(Cl)cc(/C(O)=C2\C(=O)C(=O)N(Cc3ccc4c(c3)OCO4)C2c2ccc(C(C)(C)C)cc2)c(OC)c1Cl. The fourth-order valence-corrected chi connectivity index (χ4v) is 5.77. The number of methoxy groups -OCH3 is 2. The van der Waals surface area contributed by atoms with E-state index in [4.69, 9.17) is 42.1 Å². The standard InChI is InChI=1S/C31H29Cl2NO7/c1-31(2,3)18-9-7-17(8-10-18)25-23(26(35)19-13-20(32)29(39-5)24(33)28(19)38-4)27(36)30(37)34(25)14-16-6-11-21-22(12-16)41-15-40-21/h6-13,25,35H,14-15H2,1-5H3/b26-23+. The van der Waals surface area contributed by atoms with E-state index in [1.165, 1.54) is 25.2 Å². The minimum atomic E-state index is -0.918. The number of hydrogen-bond acceptors (Lipinski definition) is 7. The van der Waals surface area contributed by atoms with Crippen LogP contribution in [0.25, 0.3) is 5.76 Å². The number of halogens is 2. The van der Waals surface area contributed by atoms with E-state index in [0.29, 0.717) is 17.1 Å². The smallest absolute Gasteiger partial charge is 0.295 e. The predicted octanol–water partition coefficient (Wildman–Crippen LogP) is 6.66. The van der Waals surface area contributed by atoms with E-state index in [9.17, 15) is 14.7 Å². The van der Waals surface area contributed by atoms with Gasteiger partial charge in [0.25, 0.3) is 11.7 Å². The lowest BCUT2D eigenvalue weighted by Gasteiger charge is -2.27. The number of aliphatic hydroxyl groups is 1. The third-order valence-corrected chi connectivity index (χ3v) is 7.84. The van der Waals surface area contributed by atoms with E-state index < -0.39 is 23.5 Å². The molecule has 0 radical (unpaired) electrons. The maximum absolute atomic E-state index is 13.6. The van der Waals surface area contributed by atoms with Crippen LogP contribution in [0.4, 0.5) is 0 Å². The van der Waals surface area contributed by atoms with Crippen LogP contribution in [0.3, 0.4) is 0 Å². The van der Waals surface area contributed by atoms with Gasteiger partial charge in [-0.15, -0.1) is 0 Å². The second kappa shape index (κ2) is 10.8. The summed E-state index contributed by atoms with van der Waals surface area (Å²) in [5, 5.41) is 11.8. The van der Waals surface area contributed by atoms with Gasteiger partial charge < -0.3 is 29.0 Å². The van der Waals surface area contributed by atoms with Gasteiger partial charge in [-0.1, -0.05) is 74.3 Å². The van der Waals surface area contributed by atoms with Gasteiger partial charge >= 0.3 is 0 Å². The van der Waals surface area contributed by atoms with Gasteiger partial charge in [-0.2, -0.15) is 0 Å². The van der Waals surface area contributed by atoms with Crippen molar-refractivity contribution in [3.8, 4) is 23.0 Å². The zero-order valence-corrected chi connectivity index (χ0v) is 24.7. The van der Waals surface area contributed by atoms with Gasteiger partial charge in [-0.25, -0.2) is 0 Å². The van der Waals surface area contributed by atoms with Gasteiger partial charge in [0, 0.05) is 6.54 Å². The molecule has 3 aromatic carbocycles. The summed E-state index contributed by atoms with van der Waals surface area (Å²) in [6, 6.07) is 13.4. The third-order valence-electron chi connectivity index (χ3n) is 7.22. The number of rotatable bonds is 6. The number of carbonyl (C=O) groups is 2.